The Labute approximate surface area is 322 Å². The lowest BCUT2D eigenvalue weighted by molar-refractivity contribution is -0.137. The van der Waals surface area contributed by atoms with Crippen molar-refractivity contribution in [1.29, 1.82) is 0 Å². The van der Waals surface area contributed by atoms with E-state index in [1.54, 1.807) is 24.3 Å². The molecule has 3 aromatic rings. The highest BCUT2D eigenvalue weighted by Gasteiger charge is 2.47. The summed E-state index contributed by atoms with van der Waals surface area (Å²) in [5.41, 5.74) is -0.832. The molecule has 2 aliphatic carbocycles. The molecule has 1 fully saturated rings. The summed E-state index contributed by atoms with van der Waals surface area (Å²) in [6, 6.07) is 10.1. The van der Waals surface area contributed by atoms with Crippen molar-refractivity contribution in [3.05, 3.63) is 70.7 Å². The van der Waals surface area contributed by atoms with E-state index < -0.39 is 34.9 Å². The first-order valence-electron chi connectivity index (χ1n) is 19.7. The van der Waals surface area contributed by atoms with Crippen LogP contribution in [0, 0.1) is 35.4 Å². The van der Waals surface area contributed by atoms with Gasteiger partial charge in [0.15, 0.2) is 5.78 Å². The fraction of sp³-hybridized carbons (Fsp3) is 0.581. The molecule has 2 aromatic carbocycles. The lowest BCUT2D eigenvalue weighted by Crippen LogP contribution is -2.60. The number of hydrogen-bond acceptors (Lipinski definition) is 4. The molecular formula is C43H55F4N3O3S. The number of nitrogens with one attached hydrogen (secondary N) is 3. The number of para-hydroxylation sites is 1. The molecule has 1 amide bonds. The van der Waals surface area contributed by atoms with Crippen molar-refractivity contribution in [2.75, 3.05) is 6.54 Å². The minimum atomic E-state index is -4.59. The van der Waals surface area contributed by atoms with E-state index in [4.69, 9.17) is 12.2 Å². The highest BCUT2D eigenvalue weighted by Crippen LogP contribution is 2.41. The number of hydrogen-bond donors (Lipinski definition) is 3. The summed E-state index contributed by atoms with van der Waals surface area (Å²) in [5, 5.41) is 6.99. The summed E-state index contributed by atoms with van der Waals surface area (Å²) in [4.78, 5) is 46.4. The van der Waals surface area contributed by atoms with E-state index in [0.29, 0.717) is 34.0 Å². The predicted octanol–water partition coefficient (Wildman–Crippen LogP) is 9.65. The van der Waals surface area contributed by atoms with E-state index in [1.165, 1.54) is 31.4 Å². The van der Waals surface area contributed by atoms with Gasteiger partial charge in [-0.2, -0.15) is 13.2 Å². The van der Waals surface area contributed by atoms with Crippen molar-refractivity contribution >= 4 is 45.6 Å². The van der Waals surface area contributed by atoms with Crippen molar-refractivity contribution in [1.82, 2.24) is 15.6 Å². The van der Waals surface area contributed by atoms with Crippen LogP contribution in [0.5, 0.6) is 0 Å². The van der Waals surface area contributed by atoms with E-state index in [2.05, 4.69) is 29.5 Å². The average Bonchev–Trinajstić information content (AvgIpc) is 3.52. The summed E-state index contributed by atoms with van der Waals surface area (Å²) in [7, 11) is 0. The van der Waals surface area contributed by atoms with Gasteiger partial charge in [-0.1, -0.05) is 102 Å². The highest BCUT2D eigenvalue weighted by molar-refractivity contribution is 7.80. The monoisotopic (exact) mass is 769 g/mol. The Morgan fingerprint density at radius 3 is 2.30 bits per heavy atom. The van der Waals surface area contributed by atoms with Crippen molar-refractivity contribution in [3.63, 3.8) is 0 Å². The Morgan fingerprint density at radius 2 is 1.63 bits per heavy atom. The second kappa shape index (κ2) is 17.9. The van der Waals surface area contributed by atoms with Crippen LogP contribution in [0.25, 0.3) is 10.9 Å². The number of amides is 1. The number of halogens is 4. The van der Waals surface area contributed by atoms with Gasteiger partial charge in [-0.25, -0.2) is 4.39 Å². The Kier molecular flexibility index (Phi) is 13.8. The van der Waals surface area contributed by atoms with E-state index in [0.717, 1.165) is 31.9 Å². The van der Waals surface area contributed by atoms with Gasteiger partial charge in [0.25, 0.3) is 0 Å². The van der Waals surface area contributed by atoms with Crippen molar-refractivity contribution < 1.29 is 31.9 Å². The van der Waals surface area contributed by atoms with Crippen LogP contribution in [0.15, 0.2) is 42.5 Å². The summed E-state index contributed by atoms with van der Waals surface area (Å²) in [6.45, 7) is 8.66. The number of carbonyl (C=O) groups excluding carboxylic acids is 3. The van der Waals surface area contributed by atoms with Crippen LogP contribution in [0.1, 0.15) is 114 Å². The quantitative estimate of drug-likeness (QED) is 0.0998. The molecule has 54 heavy (non-hydrogen) atoms. The normalized spacial score (nSPS) is 20.1. The van der Waals surface area contributed by atoms with E-state index in [1.807, 2.05) is 13.8 Å². The van der Waals surface area contributed by atoms with Crippen LogP contribution in [0.3, 0.4) is 0 Å². The highest BCUT2D eigenvalue weighted by atomic mass is 32.1. The molecule has 1 saturated carbocycles. The first kappa shape index (κ1) is 41.6. The maximum absolute atomic E-state index is 15.0. The first-order chi connectivity index (χ1) is 25.7. The number of aromatic amines is 1. The van der Waals surface area contributed by atoms with Crippen molar-refractivity contribution in [2.45, 2.75) is 123 Å². The molecule has 2 aliphatic rings. The van der Waals surface area contributed by atoms with E-state index in [-0.39, 0.29) is 78.9 Å². The third-order valence-corrected chi connectivity index (χ3v) is 12.8. The smallest absolute Gasteiger partial charge is 0.379 e. The van der Waals surface area contributed by atoms with Gasteiger partial charge in [0.1, 0.15) is 17.1 Å². The maximum atomic E-state index is 15.0. The summed E-state index contributed by atoms with van der Waals surface area (Å²) >= 11 is 5.97. The molecule has 0 spiro atoms. The number of fused-ring (bicyclic) bond motifs is 3. The van der Waals surface area contributed by atoms with Gasteiger partial charge in [0.05, 0.1) is 16.1 Å². The Hall–Kier alpha value is -3.60. The molecule has 5 atom stereocenters. The number of aromatic nitrogens is 1. The number of thiocarbonyl (C=S) groups is 1. The van der Waals surface area contributed by atoms with Crippen LogP contribution < -0.4 is 10.6 Å². The Bertz CT molecular complexity index is 1820. The van der Waals surface area contributed by atoms with Gasteiger partial charge in [0.2, 0.25) is 5.91 Å². The van der Waals surface area contributed by atoms with Gasteiger partial charge in [-0.15, -0.1) is 0 Å². The molecule has 1 heterocycles. The number of carbonyl (C=O) groups is 3. The zero-order chi connectivity index (χ0) is 39.2. The van der Waals surface area contributed by atoms with Gasteiger partial charge >= 0.3 is 6.18 Å². The number of H-pyrrole nitrogens is 1. The first-order valence-corrected chi connectivity index (χ1v) is 20.2. The van der Waals surface area contributed by atoms with E-state index >= 15 is 0 Å². The lowest BCUT2D eigenvalue weighted by atomic mass is 9.72. The summed E-state index contributed by atoms with van der Waals surface area (Å²) in [6.07, 6.45) is 2.84. The maximum Gasteiger partial charge on any atom is 0.418 e. The second-order valence-corrected chi connectivity index (χ2v) is 16.4. The summed E-state index contributed by atoms with van der Waals surface area (Å²) < 4.78 is 56.8. The van der Waals surface area contributed by atoms with Gasteiger partial charge < -0.3 is 15.6 Å². The van der Waals surface area contributed by atoms with Crippen LogP contribution in [0.2, 0.25) is 0 Å². The number of Topliss-reactive ketones (excluding diaryl/α,β-unsaturated/α-hetero) is 2. The van der Waals surface area contributed by atoms with Gasteiger partial charge in [0, 0.05) is 55.1 Å². The molecule has 0 bridgehead atoms. The molecule has 11 heteroatoms. The zero-order valence-corrected chi connectivity index (χ0v) is 32.8. The number of benzene rings is 2. The topological polar surface area (TPSA) is 91.1 Å². The fourth-order valence-electron chi connectivity index (χ4n) is 8.46. The molecule has 0 saturated heterocycles. The SMILES string of the molecule is CCC(C)[C@H](CC(=O)Cc1ccccc1F)C(=O)N[C@]1(C(=O)C[C@H](C(=S)NCC2CCCCC2)C(C)CC)CCc2[nH]c3c(C(F)(F)F)cccc3c2C1. The largest absolute Gasteiger partial charge is 0.418 e. The average molecular weight is 770 g/mol. The van der Waals surface area contributed by atoms with E-state index in [9.17, 15) is 31.9 Å². The standard InChI is InChI=1S/C43H55F4N3O3S/c1-5-26(3)32(22-30(51)21-29-15-10-11-18-36(29)44)40(53)50-42(20-19-37-34(24-42)31-16-12-17-35(39(31)49-37)43(45,46)47)38(52)23-33(27(4)6-2)41(54)48-25-28-13-8-7-9-14-28/h10-12,15-18,26-28,32-33,49H,5-9,13-14,19-25H2,1-4H3,(H,48,54)(H,50,53)/t26?,27?,32-,33-,42+/m0/s1. The number of rotatable bonds is 16. The molecule has 1 aromatic heterocycles. The minimum Gasteiger partial charge on any atom is -0.379 e. The van der Waals surface area contributed by atoms with Gasteiger partial charge in [-0.3, -0.25) is 14.4 Å². The molecule has 0 radical (unpaired) electrons. The van der Waals surface area contributed by atoms with Crippen LogP contribution in [-0.4, -0.2) is 39.5 Å². The molecule has 6 nitrogen and oxygen atoms in total. The van der Waals surface area contributed by atoms with Crippen molar-refractivity contribution in [2.24, 2.45) is 29.6 Å². The predicted molar refractivity (Wildman–Crippen MR) is 209 cm³/mol. The number of alkyl halides is 3. The number of aryl methyl sites for hydroxylation is 1. The molecule has 3 N–H and O–H groups in total. The molecule has 0 aliphatic heterocycles. The number of ketones is 2. The third kappa shape index (κ3) is 9.61. The fourth-order valence-corrected chi connectivity index (χ4v) is 8.86. The lowest BCUT2D eigenvalue weighted by Gasteiger charge is -2.40. The minimum absolute atomic E-state index is 0.000106. The zero-order valence-electron chi connectivity index (χ0n) is 32.0. The second-order valence-electron chi connectivity index (χ2n) is 15.9. The molecular weight excluding hydrogens is 715 g/mol. The molecule has 5 rings (SSSR count). The van der Waals surface area contributed by atoms with Crippen LogP contribution >= 0.6 is 12.2 Å². The van der Waals surface area contributed by atoms with Crippen LogP contribution in [0.4, 0.5) is 17.6 Å². The Morgan fingerprint density at radius 1 is 0.944 bits per heavy atom. The molecule has 2 unspecified atom stereocenters. The van der Waals surface area contributed by atoms with Gasteiger partial charge in [-0.05, 0) is 66.7 Å². The Balaban J connectivity index is 1.47. The molecule has 294 valence electrons. The third-order valence-electron chi connectivity index (χ3n) is 12.3. The van der Waals surface area contributed by atoms with Crippen LogP contribution in [-0.2, 0) is 39.8 Å². The van der Waals surface area contributed by atoms with Crippen molar-refractivity contribution in [3.8, 4) is 0 Å². The summed E-state index contributed by atoms with van der Waals surface area (Å²) in [5.74, 6) is -2.25.